The Labute approximate surface area is 264 Å². The first kappa shape index (κ1) is 27.0. The van der Waals surface area contributed by atoms with Gasteiger partial charge >= 0.3 is 0 Å². The average Bonchev–Trinajstić information content (AvgIpc) is 3.11. The molecule has 1 aliphatic rings. The molecule has 0 saturated heterocycles. The van der Waals surface area contributed by atoms with Crippen molar-refractivity contribution in [3.05, 3.63) is 169 Å². The standard InChI is InChI=1S/C43H32N2/c1-29-24-36(32-18-22-45-23-19-32)27-37(25-29)43-39-13-6-5-12-38(39)42(35-11-7-10-33(26-35)31-16-20-44-21-17-31)41-28-34(14-15-40(41)43)30-8-3-2-4-9-30/h2-24,26-29H,25H2,1H3. The summed E-state index contributed by atoms with van der Waals surface area (Å²) in [6.45, 7) is 2.32. The second-order valence-corrected chi connectivity index (χ2v) is 11.9. The van der Waals surface area contributed by atoms with Crippen molar-refractivity contribution in [2.75, 3.05) is 0 Å². The van der Waals surface area contributed by atoms with Crippen LogP contribution in [0.2, 0.25) is 0 Å². The van der Waals surface area contributed by atoms with Crippen molar-refractivity contribution in [3.63, 3.8) is 0 Å². The van der Waals surface area contributed by atoms with Crippen molar-refractivity contribution < 1.29 is 0 Å². The average molecular weight is 577 g/mol. The summed E-state index contributed by atoms with van der Waals surface area (Å²) < 4.78 is 0. The fraction of sp³-hybridized carbons (Fsp3) is 0.0698. The van der Waals surface area contributed by atoms with Gasteiger partial charge in [-0.05, 0) is 126 Å². The first-order valence-electron chi connectivity index (χ1n) is 15.6. The molecule has 0 fully saturated rings. The number of pyridine rings is 2. The van der Waals surface area contributed by atoms with Crippen LogP contribution in [0.15, 0.2) is 158 Å². The van der Waals surface area contributed by atoms with Gasteiger partial charge < -0.3 is 0 Å². The SMILES string of the molecule is CC1C=C(c2ccncc2)C=C(c2c3ccccc3c(-c3cccc(-c4ccncc4)c3)c3cc(-c4ccccc4)ccc23)C1. The Morgan fingerprint density at radius 1 is 0.467 bits per heavy atom. The lowest BCUT2D eigenvalue weighted by molar-refractivity contribution is 0.752. The summed E-state index contributed by atoms with van der Waals surface area (Å²) in [5.74, 6) is 0.419. The van der Waals surface area contributed by atoms with Crippen molar-refractivity contribution >= 4 is 32.7 Å². The van der Waals surface area contributed by atoms with E-state index in [1.807, 2.05) is 24.8 Å². The zero-order chi connectivity index (χ0) is 30.2. The molecule has 0 amide bonds. The van der Waals surface area contributed by atoms with Crippen LogP contribution in [-0.4, -0.2) is 9.97 Å². The summed E-state index contributed by atoms with van der Waals surface area (Å²) in [5, 5.41) is 5.11. The van der Waals surface area contributed by atoms with Crippen molar-refractivity contribution in [2.24, 2.45) is 5.92 Å². The highest BCUT2D eigenvalue weighted by Crippen LogP contribution is 2.46. The number of hydrogen-bond donors (Lipinski definition) is 0. The smallest absolute Gasteiger partial charge is 0.0273 e. The van der Waals surface area contributed by atoms with Gasteiger partial charge in [-0.25, -0.2) is 0 Å². The predicted octanol–water partition coefficient (Wildman–Crippen LogP) is 11.3. The molecule has 0 spiro atoms. The minimum atomic E-state index is 0.419. The second kappa shape index (κ2) is 11.5. The van der Waals surface area contributed by atoms with Gasteiger partial charge in [0.2, 0.25) is 0 Å². The van der Waals surface area contributed by atoms with E-state index in [9.17, 15) is 0 Å². The molecule has 1 atom stereocenters. The number of nitrogens with zero attached hydrogens (tertiary/aromatic N) is 2. The Kier molecular flexibility index (Phi) is 6.88. The van der Waals surface area contributed by atoms with Crippen molar-refractivity contribution in [1.82, 2.24) is 9.97 Å². The van der Waals surface area contributed by atoms with Crippen LogP contribution in [0.4, 0.5) is 0 Å². The summed E-state index contributed by atoms with van der Waals surface area (Å²) in [4.78, 5) is 8.51. The molecule has 8 rings (SSSR count). The van der Waals surface area contributed by atoms with E-state index in [-0.39, 0.29) is 0 Å². The maximum absolute atomic E-state index is 4.26. The van der Waals surface area contributed by atoms with E-state index in [1.54, 1.807) is 0 Å². The van der Waals surface area contributed by atoms with Crippen LogP contribution in [0.1, 0.15) is 24.5 Å². The molecule has 0 aliphatic heterocycles. The number of hydrogen-bond acceptors (Lipinski definition) is 2. The molecule has 2 nitrogen and oxygen atoms in total. The van der Waals surface area contributed by atoms with E-state index in [2.05, 4.69) is 150 Å². The van der Waals surface area contributed by atoms with Crippen LogP contribution in [0.5, 0.6) is 0 Å². The van der Waals surface area contributed by atoms with Gasteiger partial charge in [-0.2, -0.15) is 0 Å². The topological polar surface area (TPSA) is 25.8 Å². The van der Waals surface area contributed by atoms with E-state index in [4.69, 9.17) is 0 Å². The number of benzene rings is 5. The van der Waals surface area contributed by atoms with Gasteiger partial charge in [0.25, 0.3) is 0 Å². The third-order valence-corrected chi connectivity index (χ3v) is 8.97. The van der Waals surface area contributed by atoms with Gasteiger partial charge in [-0.3, -0.25) is 9.97 Å². The fourth-order valence-electron chi connectivity index (χ4n) is 6.95. The van der Waals surface area contributed by atoms with E-state index >= 15 is 0 Å². The summed E-state index contributed by atoms with van der Waals surface area (Å²) in [7, 11) is 0. The van der Waals surface area contributed by atoms with E-state index in [1.165, 1.54) is 77.2 Å². The van der Waals surface area contributed by atoms with Crippen LogP contribution in [0, 0.1) is 5.92 Å². The number of allylic oxidation sites excluding steroid dienone is 4. The van der Waals surface area contributed by atoms with Crippen molar-refractivity contribution in [1.29, 1.82) is 0 Å². The zero-order valence-electron chi connectivity index (χ0n) is 25.2. The molecule has 0 radical (unpaired) electrons. The maximum Gasteiger partial charge on any atom is 0.0273 e. The van der Waals surface area contributed by atoms with Crippen LogP contribution in [0.3, 0.4) is 0 Å². The molecule has 0 saturated carbocycles. The van der Waals surface area contributed by atoms with Crippen LogP contribution < -0.4 is 0 Å². The molecule has 1 unspecified atom stereocenters. The highest BCUT2D eigenvalue weighted by molar-refractivity contribution is 6.20. The lowest BCUT2D eigenvalue weighted by atomic mass is 9.79. The molecule has 1 aliphatic carbocycles. The normalized spacial score (nSPS) is 14.7. The van der Waals surface area contributed by atoms with Crippen LogP contribution in [-0.2, 0) is 0 Å². The van der Waals surface area contributed by atoms with Crippen molar-refractivity contribution in [3.8, 4) is 33.4 Å². The molecular formula is C43H32N2. The van der Waals surface area contributed by atoms with Gasteiger partial charge in [-0.15, -0.1) is 0 Å². The number of rotatable bonds is 5. The second-order valence-electron chi connectivity index (χ2n) is 11.9. The quantitative estimate of drug-likeness (QED) is 0.191. The van der Waals surface area contributed by atoms with E-state index in [0.717, 1.165) is 6.42 Å². The zero-order valence-corrected chi connectivity index (χ0v) is 25.2. The van der Waals surface area contributed by atoms with E-state index < -0.39 is 0 Å². The Hall–Kier alpha value is -5.60. The minimum Gasteiger partial charge on any atom is -0.265 e. The lowest BCUT2D eigenvalue weighted by Crippen LogP contribution is -2.03. The van der Waals surface area contributed by atoms with Crippen molar-refractivity contribution in [2.45, 2.75) is 13.3 Å². The minimum absolute atomic E-state index is 0.419. The maximum atomic E-state index is 4.26. The molecule has 7 aromatic rings. The summed E-state index contributed by atoms with van der Waals surface area (Å²) in [6.07, 6.45) is 13.3. The molecule has 0 N–H and O–H groups in total. The molecule has 0 bridgehead atoms. The third-order valence-electron chi connectivity index (χ3n) is 8.97. The Morgan fingerprint density at radius 3 is 1.80 bits per heavy atom. The molecule has 5 aromatic carbocycles. The molecule has 2 heterocycles. The molecular weight excluding hydrogens is 544 g/mol. The third kappa shape index (κ3) is 5.05. The highest BCUT2D eigenvalue weighted by Gasteiger charge is 2.22. The Balaban J connectivity index is 1.43. The molecule has 45 heavy (non-hydrogen) atoms. The summed E-state index contributed by atoms with van der Waals surface area (Å²) >= 11 is 0. The van der Waals surface area contributed by atoms with E-state index in [0.29, 0.717) is 5.92 Å². The molecule has 2 heteroatoms. The first-order valence-corrected chi connectivity index (χ1v) is 15.6. The predicted molar refractivity (Wildman–Crippen MR) is 190 cm³/mol. The Bertz CT molecular complexity index is 2230. The summed E-state index contributed by atoms with van der Waals surface area (Å²) in [6, 6.07) is 44.1. The first-order chi connectivity index (χ1) is 22.2. The monoisotopic (exact) mass is 576 g/mol. The largest absolute Gasteiger partial charge is 0.265 e. The van der Waals surface area contributed by atoms with Gasteiger partial charge in [-0.1, -0.05) is 104 Å². The molecule has 214 valence electrons. The Morgan fingerprint density at radius 2 is 1.04 bits per heavy atom. The lowest BCUT2D eigenvalue weighted by Gasteiger charge is -2.24. The number of fused-ring (bicyclic) bond motifs is 2. The van der Waals surface area contributed by atoms with Crippen LogP contribution in [0.25, 0.3) is 66.1 Å². The number of aromatic nitrogens is 2. The highest BCUT2D eigenvalue weighted by atomic mass is 14.6. The molecule has 2 aromatic heterocycles. The van der Waals surface area contributed by atoms with Gasteiger partial charge in [0.15, 0.2) is 0 Å². The fourth-order valence-corrected chi connectivity index (χ4v) is 6.95. The van der Waals surface area contributed by atoms with Gasteiger partial charge in [0.1, 0.15) is 0 Å². The van der Waals surface area contributed by atoms with Crippen LogP contribution >= 0.6 is 0 Å². The van der Waals surface area contributed by atoms with Gasteiger partial charge in [0, 0.05) is 24.8 Å². The van der Waals surface area contributed by atoms with Gasteiger partial charge in [0.05, 0.1) is 0 Å². The summed E-state index contributed by atoms with van der Waals surface area (Å²) in [5.41, 5.74) is 12.5.